The number of likely N-dealkylation sites (tertiary alicyclic amines) is 1. The third-order valence-electron chi connectivity index (χ3n) is 5.45. The largest absolute Gasteiger partial charge is 0.460 e. The van der Waals surface area contributed by atoms with Crippen LogP contribution in [0.25, 0.3) is 0 Å². The average molecular weight is 366 g/mol. The summed E-state index contributed by atoms with van der Waals surface area (Å²) in [4.78, 5) is 23.1. The molecular weight excluding hydrogens is 340 g/mol. The lowest BCUT2D eigenvalue weighted by Crippen LogP contribution is -2.42. The fourth-order valence-electron chi connectivity index (χ4n) is 3.92. The summed E-state index contributed by atoms with van der Waals surface area (Å²) in [5.41, 5.74) is 2.07. The number of rotatable bonds is 4. The summed E-state index contributed by atoms with van der Waals surface area (Å²) < 4.78 is 5.82. The molecule has 3 heterocycles. The van der Waals surface area contributed by atoms with Crippen LogP contribution in [0.15, 0.2) is 42.7 Å². The van der Waals surface area contributed by atoms with Crippen molar-refractivity contribution in [2.75, 3.05) is 26.2 Å². The van der Waals surface area contributed by atoms with Crippen LogP contribution >= 0.6 is 0 Å². The predicted molar refractivity (Wildman–Crippen MR) is 103 cm³/mol. The fourth-order valence-corrected chi connectivity index (χ4v) is 3.92. The average Bonchev–Trinajstić information content (AvgIpc) is 2.75. The molecule has 2 saturated heterocycles. The zero-order valence-electron chi connectivity index (χ0n) is 15.5. The lowest BCUT2D eigenvalue weighted by atomic mass is 9.90. The van der Waals surface area contributed by atoms with Crippen LogP contribution in [0.2, 0.25) is 0 Å². The minimum atomic E-state index is 0.0658. The molecule has 6 nitrogen and oxygen atoms in total. The van der Waals surface area contributed by atoms with E-state index in [1.807, 2.05) is 17.0 Å². The van der Waals surface area contributed by atoms with E-state index in [0.29, 0.717) is 25.0 Å². The van der Waals surface area contributed by atoms with Gasteiger partial charge in [-0.3, -0.25) is 4.79 Å². The van der Waals surface area contributed by atoms with Gasteiger partial charge in [-0.15, -0.1) is 0 Å². The van der Waals surface area contributed by atoms with Gasteiger partial charge in [0.1, 0.15) is 6.10 Å². The highest BCUT2D eigenvalue weighted by Crippen LogP contribution is 2.25. The van der Waals surface area contributed by atoms with Gasteiger partial charge in [-0.05, 0) is 49.1 Å². The molecule has 27 heavy (non-hydrogen) atoms. The first kappa shape index (κ1) is 17.9. The molecule has 142 valence electrons. The summed E-state index contributed by atoms with van der Waals surface area (Å²) in [5, 5.41) is 3.45. The van der Waals surface area contributed by atoms with Crippen LogP contribution in [0.4, 0.5) is 0 Å². The number of hydrogen-bond acceptors (Lipinski definition) is 5. The molecule has 0 unspecified atom stereocenters. The minimum absolute atomic E-state index is 0.0658. The van der Waals surface area contributed by atoms with E-state index in [-0.39, 0.29) is 12.0 Å². The van der Waals surface area contributed by atoms with E-state index in [2.05, 4.69) is 27.4 Å². The molecule has 0 aliphatic carbocycles. The van der Waals surface area contributed by atoms with Crippen LogP contribution < -0.4 is 10.1 Å². The van der Waals surface area contributed by atoms with Crippen LogP contribution in [-0.4, -0.2) is 53.1 Å². The first-order valence-electron chi connectivity index (χ1n) is 9.83. The van der Waals surface area contributed by atoms with Gasteiger partial charge in [0, 0.05) is 50.4 Å². The van der Waals surface area contributed by atoms with E-state index in [9.17, 15) is 4.79 Å². The Morgan fingerprint density at radius 1 is 1.11 bits per heavy atom. The molecule has 0 bridgehead atoms. The van der Waals surface area contributed by atoms with Crippen molar-refractivity contribution in [3.05, 3.63) is 53.9 Å². The van der Waals surface area contributed by atoms with Crippen molar-refractivity contribution in [3.8, 4) is 6.01 Å². The van der Waals surface area contributed by atoms with Gasteiger partial charge in [-0.2, -0.15) is 0 Å². The molecule has 1 amide bonds. The van der Waals surface area contributed by atoms with Crippen molar-refractivity contribution in [3.63, 3.8) is 0 Å². The molecule has 1 atom stereocenters. The maximum atomic E-state index is 12.9. The molecule has 2 aromatic rings. The summed E-state index contributed by atoms with van der Waals surface area (Å²) in [5.74, 6) is 0.631. The number of piperidine rings is 2. The molecule has 1 aromatic heterocycles. The molecule has 1 aromatic carbocycles. The minimum Gasteiger partial charge on any atom is -0.460 e. The molecule has 1 N–H and O–H groups in total. The highest BCUT2D eigenvalue weighted by atomic mass is 16.5. The van der Waals surface area contributed by atoms with Gasteiger partial charge in [0.15, 0.2) is 0 Å². The Kier molecular flexibility index (Phi) is 5.63. The number of hydrogen-bond donors (Lipinski definition) is 1. The van der Waals surface area contributed by atoms with Crippen LogP contribution in [0.5, 0.6) is 6.01 Å². The van der Waals surface area contributed by atoms with Crippen LogP contribution in [0.1, 0.15) is 47.5 Å². The number of carbonyl (C=O) groups excluding carboxylic acids is 1. The fraction of sp³-hybridized carbons (Fsp3) is 0.476. The standard InChI is InChI=1S/C21H26N4O2/c26-20(17-5-1-4-16(14-17)18-6-2-9-22-15-18)25-12-7-19(8-13-25)27-21-23-10-3-11-24-21/h1,3-5,10-11,14,18-19,22H,2,6-9,12-13,15H2/t18-/m1/s1. The van der Waals surface area contributed by atoms with Crippen molar-refractivity contribution in [2.45, 2.75) is 37.7 Å². The molecule has 2 aliphatic rings. The van der Waals surface area contributed by atoms with E-state index < -0.39 is 0 Å². The summed E-state index contributed by atoms with van der Waals surface area (Å²) in [6, 6.07) is 10.4. The molecule has 2 aliphatic heterocycles. The number of ether oxygens (including phenoxy) is 1. The normalized spacial score (nSPS) is 21.0. The van der Waals surface area contributed by atoms with Crippen molar-refractivity contribution >= 4 is 5.91 Å². The molecule has 2 fully saturated rings. The number of benzene rings is 1. The molecule has 4 rings (SSSR count). The molecule has 0 spiro atoms. The molecular formula is C21H26N4O2. The highest BCUT2D eigenvalue weighted by molar-refractivity contribution is 5.94. The summed E-state index contributed by atoms with van der Waals surface area (Å²) >= 11 is 0. The Morgan fingerprint density at radius 3 is 2.67 bits per heavy atom. The summed E-state index contributed by atoms with van der Waals surface area (Å²) in [6.07, 6.45) is 7.41. The Hall–Kier alpha value is -2.47. The van der Waals surface area contributed by atoms with Crippen molar-refractivity contribution < 1.29 is 9.53 Å². The van der Waals surface area contributed by atoms with Gasteiger partial charge in [0.25, 0.3) is 5.91 Å². The third-order valence-corrected chi connectivity index (χ3v) is 5.45. The SMILES string of the molecule is O=C(c1cccc([C@@H]2CCCNC2)c1)N1CCC(Oc2ncccn2)CC1. The maximum absolute atomic E-state index is 12.9. The summed E-state index contributed by atoms with van der Waals surface area (Å²) in [7, 11) is 0. The second-order valence-electron chi connectivity index (χ2n) is 7.31. The van der Waals surface area contributed by atoms with Gasteiger partial charge in [-0.25, -0.2) is 9.97 Å². The first-order valence-corrected chi connectivity index (χ1v) is 9.83. The van der Waals surface area contributed by atoms with E-state index in [4.69, 9.17) is 4.74 Å². The first-order chi connectivity index (χ1) is 13.3. The lowest BCUT2D eigenvalue weighted by molar-refractivity contribution is 0.0578. The second-order valence-corrected chi connectivity index (χ2v) is 7.31. The topological polar surface area (TPSA) is 67.4 Å². The molecule has 6 heteroatoms. The Bertz CT molecular complexity index is 754. The van der Waals surface area contributed by atoms with Crippen molar-refractivity contribution in [1.29, 1.82) is 0 Å². The predicted octanol–water partition coefficient (Wildman–Crippen LogP) is 2.63. The Labute approximate surface area is 160 Å². The number of aromatic nitrogens is 2. The van der Waals surface area contributed by atoms with E-state index in [1.165, 1.54) is 18.4 Å². The maximum Gasteiger partial charge on any atom is 0.316 e. The van der Waals surface area contributed by atoms with Crippen molar-refractivity contribution in [1.82, 2.24) is 20.2 Å². The monoisotopic (exact) mass is 366 g/mol. The van der Waals surface area contributed by atoms with Gasteiger partial charge < -0.3 is 15.0 Å². The zero-order chi connectivity index (χ0) is 18.5. The number of amides is 1. The zero-order valence-corrected chi connectivity index (χ0v) is 15.5. The lowest BCUT2D eigenvalue weighted by Gasteiger charge is -2.32. The van der Waals surface area contributed by atoms with Gasteiger partial charge >= 0.3 is 6.01 Å². The van der Waals surface area contributed by atoms with Gasteiger partial charge in [-0.1, -0.05) is 12.1 Å². The number of nitrogens with one attached hydrogen (secondary N) is 1. The van der Waals surface area contributed by atoms with E-state index in [1.54, 1.807) is 18.5 Å². The summed E-state index contributed by atoms with van der Waals surface area (Å²) in [6.45, 7) is 3.50. The van der Waals surface area contributed by atoms with Crippen molar-refractivity contribution in [2.24, 2.45) is 0 Å². The second kappa shape index (κ2) is 8.48. The van der Waals surface area contributed by atoms with Crippen LogP contribution in [0, 0.1) is 0 Å². The molecule has 0 saturated carbocycles. The van der Waals surface area contributed by atoms with Crippen LogP contribution in [-0.2, 0) is 0 Å². The highest BCUT2D eigenvalue weighted by Gasteiger charge is 2.26. The van der Waals surface area contributed by atoms with Gasteiger partial charge in [0.2, 0.25) is 0 Å². The quantitative estimate of drug-likeness (QED) is 0.901. The third kappa shape index (κ3) is 4.45. The number of carbonyl (C=O) groups is 1. The van der Waals surface area contributed by atoms with E-state index in [0.717, 1.165) is 31.5 Å². The molecule has 0 radical (unpaired) electrons. The Morgan fingerprint density at radius 2 is 1.93 bits per heavy atom. The van der Waals surface area contributed by atoms with Crippen LogP contribution in [0.3, 0.4) is 0 Å². The van der Waals surface area contributed by atoms with Gasteiger partial charge in [0.05, 0.1) is 0 Å². The smallest absolute Gasteiger partial charge is 0.316 e. The van der Waals surface area contributed by atoms with E-state index >= 15 is 0 Å². The number of nitrogens with zero attached hydrogens (tertiary/aromatic N) is 3. The Balaban J connectivity index is 1.35.